The molecule has 2 aromatic carbocycles. The van der Waals surface area contributed by atoms with E-state index in [1.165, 1.54) is 4.90 Å². The second-order valence-electron chi connectivity index (χ2n) is 5.31. The number of benzene rings is 2. The molecule has 136 valence electrons. The maximum absolute atomic E-state index is 11.6. The predicted molar refractivity (Wildman–Crippen MR) is 91.3 cm³/mol. The van der Waals surface area contributed by atoms with Crippen molar-refractivity contribution in [3.8, 4) is 0 Å². The molecule has 0 radical (unpaired) electrons. The Kier molecular flexibility index (Phi) is 5.81. The second-order valence-corrected chi connectivity index (χ2v) is 5.31. The molecule has 0 aliphatic rings. The van der Waals surface area contributed by atoms with Crippen LogP contribution in [-0.2, 0) is 6.54 Å². The van der Waals surface area contributed by atoms with Crippen LogP contribution in [0.5, 0.6) is 0 Å². The summed E-state index contributed by atoms with van der Waals surface area (Å²) in [5, 5.41) is 41.2. The van der Waals surface area contributed by atoms with E-state index < -0.39 is 32.8 Å². The van der Waals surface area contributed by atoms with Crippen LogP contribution in [0.1, 0.15) is 15.9 Å². The number of non-ortho nitro benzene ring substituents is 1. The van der Waals surface area contributed by atoms with Crippen LogP contribution in [0.15, 0.2) is 42.5 Å². The topological polar surface area (TPSA) is 147 Å². The first-order chi connectivity index (χ1) is 12.3. The standard InChI is InChI=1S/C16H15N3O7/c20-7-6-17(10-11-4-2-1-3-5-11)15-13(16(21)22)8-12(18(23)24)9-14(15)19(25)26/h1-5,8-9,20H,6-7,10H2,(H,21,22). The van der Waals surface area contributed by atoms with E-state index in [4.69, 9.17) is 0 Å². The van der Waals surface area contributed by atoms with Crippen LogP contribution in [0.4, 0.5) is 17.1 Å². The number of nitro benzene ring substituents is 2. The van der Waals surface area contributed by atoms with Crippen LogP contribution in [0.3, 0.4) is 0 Å². The van der Waals surface area contributed by atoms with Gasteiger partial charge in [0.25, 0.3) is 11.4 Å². The van der Waals surface area contributed by atoms with E-state index in [2.05, 4.69) is 0 Å². The van der Waals surface area contributed by atoms with Crippen molar-refractivity contribution in [3.05, 3.63) is 73.8 Å². The molecular formula is C16H15N3O7. The van der Waals surface area contributed by atoms with Gasteiger partial charge in [0.05, 0.1) is 28.1 Å². The summed E-state index contributed by atoms with van der Waals surface area (Å²) in [5.74, 6) is -1.54. The molecule has 0 heterocycles. The molecule has 2 aromatic rings. The van der Waals surface area contributed by atoms with Gasteiger partial charge in [-0.2, -0.15) is 0 Å². The highest BCUT2D eigenvalue weighted by Gasteiger charge is 2.30. The van der Waals surface area contributed by atoms with E-state index in [1.54, 1.807) is 30.3 Å². The molecule has 0 amide bonds. The van der Waals surface area contributed by atoms with E-state index in [0.717, 1.165) is 17.7 Å². The molecule has 0 saturated heterocycles. The number of aliphatic hydroxyl groups is 1. The minimum absolute atomic E-state index is 0.0837. The number of aliphatic hydroxyl groups excluding tert-OH is 1. The summed E-state index contributed by atoms with van der Waals surface area (Å²) in [7, 11) is 0. The molecule has 0 aliphatic carbocycles. The van der Waals surface area contributed by atoms with Crippen molar-refractivity contribution in [2.24, 2.45) is 0 Å². The van der Waals surface area contributed by atoms with Gasteiger partial charge in [0.2, 0.25) is 0 Å². The first-order valence-electron chi connectivity index (χ1n) is 7.45. The predicted octanol–water partition coefficient (Wildman–Crippen LogP) is 2.20. The van der Waals surface area contributed by atoms with E-state index in [-0.39, 0.29) is 25.4 Å². The van der Waals surface area contributed by atoms with Crippen molar-refractivity contribution in [1.29, 1.82) is 0 Å². The molecule has 0 spiro atoms. The smallest absolute Gasteiger partial charge is 0.338 e. The van der Waals surface area contributed by atoms with Crippen molar-refractivity contribution in [2.75, 3.05) is 18.1 Å². The Balaban J connectivity index is 2.67. The molecule has 0 unspecified atom stereocenters. The Morgan fingerprint density at radius 2 is 1.73 bits per heavy atom. The number of carboxylic acid groups (broad SMARTS) is 1. The lowest BCUT2D eigenvalue weighted by Crippen LogP contribution is -2.28. The average molecular weight is 361 g/mol. The molecule has 2 rings (SSSR count). The van der Waals surface area contributed by atoms with Gasteiger partial charge in [0, 0.05) is 19.2 Å². The van der Waals surface area contributed by atoms with E-state index >= 15 is 0 Å². The van der Waals surface area contributed by atoms with Gasteiger partial charge < -0.3 is 15.1 Å². The van der Waals surface area contributed by atoms with Gasteiger partial charge in [-0.15, -0.1) is 0 Å². The van der Waals surface area contributed by atoms with Crippen molar-refractivity contribution in [1.82, 2.24) is 0 Å². The first-order valence-corrected chi connectivity index (χ1v) is 7.45. The highest BCUT2D eigenvalue weighted by atomic mass is 16.6. The lowest BCUT2D eigenvalue weighted by atomic mass is 10.1. The number of carboxylic acids is 1. The number of nitrogens with zero attached hydrogens (tertiary/aromatic N) is 3. The number of aromatic carboxylic acids is 1. The Labute approximate surface area is 147 Å². The maximum Gasteiger partial charge on any atom is 0.338 e. The minimum Gasteiger partial charge on any atom is -0.478 e. The number of hydrogen-bond donors (Lipinski definition) is 2. The Morgan fingerprint density at radius 1 is 1.08 bits per heavy atom. The van der Waals surface area contributed by atoms with Crippen LogP contribution in [0.2, 0.25) is 0 Å². The van der Waals surface area contributed by atoms with Gasteiger partial charge in [-0.25, -0.2) is 4.79 Å². The maximum atomic E-state index is 11.6. The Morgan fingerprint density at radius 3 is 2.23 bits per heavy atom. The van der Waals surface area contributed by atoms with Gasteiger partial charge in [0.1, 0.15) is 5.69 Å². The lowest BCUT2D eigenvalue weighted by Gasteiger charge is -2.25. The van der Waals surface area contributed by atoms with E-state index in [9.17, 15) is 35.2 Å². The third-order valence-corrected chi connectivity index (χ3v) is 3.61. The molecule has 10 nitrogen and oxygen atoms in total. The summed E-state index contributed by atoms with van der Waals surface area (Å²) in [6, 6.07) is 10.2. The van der Waals surface area contributed by atoms with Crippen LogP contribution in [0.25, 0.3) is 0 Å². The molecule has 0 saturated carbocycles. The van der Waals surface area contributed by atoms with Crippen LogP contribution in [0, 0.1) is 20.2 Å². The number of nitro groups is 2. The molecule has 0 aromatic heterocycles. The zero-order valence-corrected chi connectivity index (χ0v) is 13.4. The fraction of sp³-hybridized carbons (Fsp3) is 0.188. The summed E-state index contributed by atoms with van der Waals surface area (Å²) in [6.45, 7) is -0.395. The molecule has 10 heteroatoms. The third-order valence-electron chi connectivity index (χ3n) is 3.61. The van der Waals surface area contributed by atoms with Gasteiger partial charge in [-0.05, 0) is 5.56 Å². The van der Waals surface area contributed by atoms with Crippen molar-refractivity contribution < 1.29 is 24.9 Å². The third kappa shape index (κ3) is 4.11. The highest BCUT2D eigenvalue weighted by Crippen LogP contribution is 2.37. The second kappa shape index (κ2) is 8.03. The molecular weight excluding hydrogens is 346 g/mol. The van der Waals surface area contributed by atoms with Crippen molar-refractivity contribution >= 4 is 23.0 Å². The highest BCUT2D eigenvalue weighted by molar-refractivity contribution is 5.98. The summed E-state index contributed by atoms with van der Waals surface area (Å²) >= 11 is 0. The van der Waals surface area contributed by atoms with Crippen LogP contribution < -0.4 is 4.90 Å². The quantitative estimate of drug-likeness (QED) is 0.537. The number of carbonyl (C=O) groups is 1. The van der Waals surface area contributed by atoms with Crippen molar-refractivity contribution in [2.45, 2.75) is 6.54 Å². The SMILES string of the molecule is O=C(O)c1cc([N+](=O)[O-])cc([N+](=O)[O-])c1N(CCO)Cc1ccccc1. The van der Waals surface area contributed by atoms with Crippen LogP contribution in [-0.4, -0.2) is 39.2 Å². The lowest BCUT2D eigenvalue weighted by molar-refractivity contribution is -0.393. The zero-order valence-electron chi connectivity index (χ0n) is 13.4. The average Bonchev–Trinajstić information content (AvgIpc) is 2.60. The molecule has 0 atom stereocenters. The summed E-state index contributed by atoms with van der Waals surface area (Å²) < 4.78 is 0. The largest absolute Gasteiger partial charge is 0.478 e. The van der Waals surface area contributed by atoms with Gasteiger partial charge in [0.15, 0.2) is 0 Å². The number of anilines is 1. The number of rotatable bonds is 8. The van der Waals surface area contributed by atoms with Gasteiger partial charge >= 0.3 is 5.97 Å². The Hall–Kier alpha value is -3.53. The number of hydrogen-bond acceptors (Lipinski definition) is 7. The fourth-order valence-corrected chi connectivity index (χ4v) is 2.54. The molecule has 2 N–H and O–H groups in total. The Bertz CT molecular complexity index is 804. The van der Waals surface area contributed by atoms with Gasteiger partial charge in [-0.3, -0.25) is 20.2 Å². The van der Waals surface area contributed by atoms with E-state index in [0.29, 0.717) is 0 Å². The van der Waals surface area contributed by atoms with Crippen LogP contribution >= 0.6 is 0 Å². The fourth-order valence-electron chi connectivity index (χ4n) is 2.54. The summed E-state index contributed by atoms with van der Waals surface area (Å²) in [5.41, 5.74) is -1.53. The summed E-state index contributed by atoms with van der Waals surface area (Å²) in [4.78, 5) is 33.6. The zero-order chi connectivity index (χ0) is 19.3. The minimum atomic E-state index is -1.54. The summed E-state index contributed by atoms with van der Waals surface area (Å²) in [6.07, 6.45) is 0. The monoisotopic (exact) mass is 361 g/mol. The normalized spacial score (nSPS) is 10.3. The molecule has 0 fully saturated rings. The molecule has 0 bridgehead atoms. The van der Waals surface area contributed by atoms with E-state index in [1.807, 2.05) is 0 Å². The molecule has 26 heavy (non-hydrogen) atoms. The first kappa shape index (κ1) is 18.8. The molecule has 0 aliphatic heterocycles. The van der Waals surface area contributed by atoms with Crippen molar-refractivity contribution in [3.63, 3.8) is 0 Å². The van der Waals surface area contributed by atoms with Gasteiger partial charge in [-0.1, -0.05) is 30.3 Å².